The second kappa shape index (κ2) is 3.95. The van der Waals surface area contributed by atoms with Crippen molar-refractivity contribution < 1.29 is 10.2 Å². The summed E-state index contributed by atoms with van der Waals surface area (Å²) in [6.07, 6.45) is 0.0202. The predicted octanol–water partition coefficient (Wildman–Crippen LogP) is 0.460. The monoisotopic (exact) mass is 187 g/mol. The van der Waals surface area contributed by atoms with Gasteiger partial charge in [0.05, 0.1) is 12.2 Å². The Morgan fingerprint density at radius 1 is 1.15 bits per heavy atom. The molecule has 78 valence electrons. The van der Waals surface area contributed by atoms with Crippen molar-refractivity contribution in [1.82, 2.24) is 4.90 Å². The zero-order valence-electron chi connectivity index (χ0n) is 8.82. The van der Waals surface area contributed by atoms with Gasteiger partial charge in [-0.2, -0.15) is 0 Å². The molecule has 2 atom stereocenters. The van der Waals surface area contributed by atoms with Crippen LogP contribution in [0.15, 0.2) is 0 Å². The molecule has 1 aliphatic heterocycles. The fourth-order valence-corrected chi connectivity index (χ4v) is 1.52. The molecule has 0 unspecified atom stereocenters. The number of rotatable bonds is 2. The molecule has 0 aliphatic carbocycles. The molecule has 0 aromatic carbocycles. The van der Waals surface area contributed by atoms with Crippen molar-refractivity contribution >= 4 is 0 Å². The molecule has 0 saturated carbocycles. The van der Waals surface area contributed by atoms with Gasteiger partial charge in [-0.05, 0) is 18.4 Å². The van der Waals surface area contributed by atoms with E-state index in [1.54, 1.807) is 0 Å². The number of aliphatic hydroxyl groups excluding tert-OH is 2. The first-order valence-corrected chi connectivity index (χ1v) is 4.97. The van der Waals surface area contributed by atoms with Gasteiger partial charge in [0.1, 0.15) is 0 Å². The Morgan fingerprint density at radius 3 is 2.00 bits per heavy atom. The number of likely N-dealkylation sites (tertiary alicyclic amines) is 1. The van der Waals surface area contributed by atoms with E-state index in [2.05, 4.69) is 25.7 Å². The van der Waals surface area contributed by atoms with Crippen LogP contribution in [0.3, 0.4) is 0 Å². The van der Waals surface area contributed by atoms with Crippen molar-refractivity contribution in [3.63, 3.8) is 0 Å². The summed E-state index contributed by atoms with van der Waals surface area (Å²) in [6, 6.07) is 0. The second-order valence-electron chi connectivity index (χ2n) is 5.20. The third kappa shape index (κ3) is 3.63. The molecule has 0 aromatic heterocycles. The van der Waals surface area contributed by atoms with Crippen LogP contribution >= 0.6 is 0 Å². The highest BCUT2D eigenvalue weighted by Gasteiger charge is 2.29. The molecular formula is C10H21NO2. The lowest BCUT2D eigenvalue weighted by molar-refractivity contribution is 0.0572. The number of hydrogen-bond acceptors (Lipinski definition) is 3. The van der Waals surface area contributed by atoms with E-state index in [-0.39, 0.29) is 0 Å². The minimum Gasteiger partial charge on any atom is -0.389 e. The highest BCUT2D eigenvalue weighted by molar-refractivity contribution is 4.83. The van der Waals surface area contributed by atoms with E-state index in [9.17, 15) is 10.2 Å². The van der Waals surface area contributed by atoms with Gasteiger partial charge in [-0.1, -0.05) is 20.8 Å². The molecule has 1 aliphatic rings. The van der Waals surface area contributed by atoms with E-state index >= 15 is 0 Å². The van der Waals surface area contributed by atoms with E-state index in [0.717, 1.165) is 13.0 Å². The van der Waals surface area contributed by atoms with Gasteiger partial charge in [0.15, 0.2) is 0 Å². The molecule has 1 saturated heterocycles. The van der Waals surface area contributed by atoms with Crippen molar-refractivity contribution in [2.24, 2.45) is 5.41 Å². The number of nitrogens with zero attached hydrogens (tertiary/aromatic N) is 1. The Morgan fingerprint density at radius 2 is 1.62 bits per heavy atom. The molecule has 0 bridgehead atoms. The van der Waals surface area contributed by atoms with Gasteiger partial charge in [-0.15, -0.1) is 0 Å². The average Bonchev–Trinajstić information content (AvgIpc) is 2.27. The molecule has 0 spiro atoms. The van der Waals surface area contributed by atoms with Crippen LogP contribution in [0.4, 0.5) is 0 Å². The standard InChI is InChI=1S/C10H21NO2/c1-10(2,3)4-5-11-6-8(12)9(13)7-11/h8-9,12-13H,4-7H2,1-3H3/t8-,9-/m1/s1. The predicted molar refractivity (Wildman–Crippen MR) is 52.5 cm³/mol. The van der Waals surface area contributed by atoms with E-state index < -0.39 is 12.2 Å². The lowest BCUT2D eigenvalue weighted by atomic mass is 9.92. The Kier molecular flexibility index (Phi) is 3.33. The van der Waals surface area contributed by atoms with Gasteiger partial charge >= 0.3 is 0 Å². The molecule has 0 aromatic rings. The zero-order valence-corrected chi connectivity index (χ0v) is 8.82. The SMILES string of the molecule is CC(C)(C)CCN1C[C@@H](O)[C@H](O)C1. The lowest BCUT2D eigenvalue weighted by Gasteiger charge is -2.22. The minimum absolute atomic E-state index is 0.332. The van der Waals surface area contributed by atoms with Gasteiger partial charge < -0.3 is 10.2 Å². The third-order valence-electron chi connectivity index (χ3n) is 2.51. The van der Waals surface area contributed by atoms with Gasteiger partial charge in [0, 0.05) is 13.1 Å². The summed E-state index contributed by atoms with van der Waals surface area (Å²) in [6.45, 7) is 8.83. The first kappa shape index (κ1) is 11.0. The normalized spacial score (nSPS) is 31.2. The summed E-state index contributed by atoms with van der Waals surface area (Å²) in [7, 11) is 0. The molecule has 13 heavy (non-hydrogen) atoms. The highest BCUT2D eigenvalue weighted by Crippen LogP contribution is 2.20. The third-order valence-corrected chi connectivity index (χ3v) is 2.51. The maximum absolute atomic E-state index is 9.31. The molecule has 1 heterocycles. The number of aliphatic hydroxyl groups is 2. The summed E-state index contributed by atoms with van der Waals surface area (Å²) in [5.74, 6) is 0. The first-order chi connectivity index (χ1) is 5.88. The molecule has 2 N–H and O–H groups in total. The van der Waals surface area contributed by atoms with Crippen LogP contribution in [0.5, 0.6) is 0 Å². The molecule has 1 fully saturated rings. The Bertz CT molecular complexity index is 155. The van der Waals surface area contributed by atoms with E-state index in [4.69, 9.17) is 0 Å². The van der Waals surface area contributed by atoms with Gasteiger partial charge in [0.2, 0.25) is 0 Å². The summed E-state index contributed by atoms with van der Waals surface area (Å²) < 4.78 is 0. The summed E-state index contributed by atoms with van der Waals surface area (Å²) >= 11 is 0. The van der Waals surface area contributed by atoms with Crippen molar-refractivity contribution in [2.45, 2.75) is 39.4 Å². The van der Waals surface area contributed by atoms with Crippen molar-refractivity contribution in [3.05, 3.63) is 0 Å². The topological polar surface area (TPSA) is 43.7 Å². The van der Waals surface area contributed by atoms with Crippen molar-refractivity contribution in [3.8, 4) is 0 Å². The Hall–Kier alpha value is -0.120. The fraction of sp³-hybridized carbons (Fsp3) is 1.00. The smallest absolute Gasteiger partial charge is 0.0938 e. The molecular weight excluding hydrogens is 166 g/mol. The van der Waals surface area contributed by atoms with Crippen molar-refractivity contribution in [2.75, 3.05) is 19.6 Å². The molecule has 0 radical (unpaired) electrons. The van der Waals surface area contributed by atoms with Crippen LogP contribution in [0.2, 0.25) is 0 Å². The van der Waals surface area contributed by atoms with E-state index in [1.807, 2.05) is 0 Å². The minimum atomic E-state index is -0.542. The Labute approximate surface area is 80.4 Å². The largest absolute Gasteiger partial charge is 0.389 e. The second-order valence-corrected chi connectivity index (χ2v) is 5.20. The number of hydrogen-bond donors (Lipinski definition) is 2. The van der Waals surface area contributed by atoms with Crippen LogP contribution in [0, 0.1) is 5.41 Å². The average molecular weight is 187 g/mol. The summed E-state index contributed by atoms with van der Waals surface area (Å²) in [5.41, 5.74) is 0.332. The van der Waals surface area contributed by atoms with Crippen LogP contribution in [0.25, 0.3) is 0 Å². The fourth-order valence-electron chi connectivity index (χ4n) is 1.52. The van der Waals surface area contributed by atoms with Gasteiger partial charge in [-0.3, -0.25) is 4.90 Å². The van der Waals surface area contributed by atoms with Gasteiger partial charge in [0.25, 0.3) is 0 Å². The Balaban J connectivity index is 2.25. The summed E-state index contributed by atoms with van der Waals surface area (Å²) in [4.78, 5) is 2.13. The van der Waals surface area contributed by atoms with Crippen LogP contribution in [-0.4, -0.2) is 47.0 Å². The van der Waals surface area contributed by atoms with E-state index in [0.29, 0.717) is 18.5 Å². The first-order valence-electron chi connectivity index (χ1n) is 4.97. The maximum Gasteiger partial charge on any atom is 0.0938 e. The summed E-state index contributed by atoms with van der Waals surface area (Å²) in [5, 5.41) is 18.6. The number of β-amino-alcohol motifs (C(OH)–C–C–N with tert-alkyl or cyclic N) is 2. The molecule has 3 nitrogen and oxygen atoms in total. The van der Waals surface area contributed by atoms with Crippen LogP contribution in [0.1, 0.15) is 27.2 Å². The highest BCUT2D eigenvalue weighted by atomic mass is 16.3. The van der Waals surface area contributed by atoms with E-state index in [1.165, 1.54) is 0 Å². The quantitative estimate of drug-likeness (QED) is 0.660. The zero-order chi connectivity index (χ0) is 10.1. The molecule has 3 heteroatoms. The van der Waals surface area contributed by atoms with Gasteiger partial charge in [-0.25, -0.2) is 0 Å². The lowest BCUT2D eigenvalue weighted by Crippen LogP contribution is -2.26. The molecule has 1 rings (SSSR count). The van der Waals surface area contributed by atoms with Crippen LogP contribution < -0.4 is 0 Å². The maximum atomic E-state index is 9.31. The van der Waals surface area contributed by atoms with Crippen LogP contribution in [-0.2, 0) is 0 Å². The van der Waals surface area contributed by atoms with Crippen molar-refractivity contribution in [1.29, 1.82) is 0 Å². The molecule has 0 amide bonds.